The summed E-state index contributed by atoms with van der Waals surface area (Å²) in [7, 11) is 1.35. The minimum Gasteiger partial charge on any atom is -0.496 e. The normalized spacial score (nSPS) is 13.5. The summed E-state index contributed by atoms with van der Waals surface area (Å²) in [4.78, 5) is 0. The maximum atomic E-state index is 13.0. The van der Waals surface area contributed by atoms with Gasteiger partial charge in [0.05, 0.1) is 7.11 Å². The molecule has 0 heterocycles. The van der Waals surface area contributed by atoms with Crippen LogP contribution in [0.3, 0.4) is 0 Å². The maximum absolute atomic E-state index is 13.0. The van der Waals surface area contributed by atoms with E-state index in [4.69, 9.17) is 10.5 Å². The van der Waals surface area contributed by atoms with E-state index in [-0.39, 0.29) is 12.0 Å². The Hall–Kier alpha value is -1.30. The largest absolute Gasteiger partial charge is 0.496 e. The van der Waals surface area contributed by atoms with Gasteiger partial charge in [-0.1, -0.05) is 0 Å². The molecule has 6 heteroatoms. The molecule has 1 atom stereocenters. The van der Waals surface area contributed by atoms with Crippen molar-refractivity contribution in [3.8, 4) is 5.75 Å². The molecule has 0 aliphatic heterocycles. The van der Waals surface area contributed by atoms with E-state index >= 15 is 0 Å². The lowest BCUT2D eigenvalue weighted by atomic mass is 10.0. The van der Waals surface area contributed by atoms with Crippen molar-refractivity contribution in [1.82, 2.24) is 0 Å². The number of alkyl halides is 3. The summed E-state index contributed by atoms with van der Waals surface area (Å²) < 4.78 is 54.0. The summed E-state index contributed by atoms with van der Waals surface area (Å²) in [6.07, 6.45) is -5.57. The first-order valence-corrected chi connectivity index (χ1v) is 4.99. The SMILES string of the molecule is COc1ccc(F)cc1C(N)CCC(F)(F)F. The molecule has 0 amide bonds. The van der Waals surface area contributed by atoms with E-state index in [0.717, 1.165) is 6.07 Å². The zero-order valence-corrected chi connectivity index (χ0v) is 9.22. The third kappa shape index (κ3) is 4.22. The van der Waals surface area contributed by atoms with Crippen LogP contribution in [0.5, 0.6) is 5.75 Å². The molecule has 0 aromatic heterocycles. The second-order valence-electron chi connectivity index (χ2n) is 3.65. The van der Waals surface area contributed by atoms with Gasteiger partial charge in [0, 0.05) is 18.0 Å². The topological polar surface area (TPSA) is 35.2 Å². The van der Waals surface area contributed by atoms with Crippen molar-refractivity contribution in [1.29, 1.82) is 0 Å². The average molecular weight is 251 g/mol. The van der Waals surface area contributed by atoms with Crippen LogP contribution >= 0.6 is 0 Å². The summed E-state index contributed by atoms with van der Waals surface area (Å²) in [5.41, 5.74) is 5.85. The predicted octanol–water partition coefficient (Wildman–Crippen LogP) is 3.18. The fourth-order valence-electron chi connectivity index (χ4n) is 1.47. The number of halogens is 4. The molecule has 0 radical (unpaired) electrons. The maximum Gasteiger partial charge on any atom is 0.389 e. The van der Waals surface area contributed by atoms with E-state index in [2.05, 4.69) is 0 Å². The molecule has 1 unspecified atom stereocenters. The monoisotopic (exact) mass is 251 g/mol. The zero-order chi connectivity index (χ0) is 13.1. The Morgan fingerprint density at radius 2 is 2.00 bits per heavy atom. The van der Waals surface area contributed by atoms with E-state index in [1.807, 2.05) is 0 Å². The molecule has 1 rings (SSSR count). The third-order valence-electron chi connectivity index (χ3n) is 2.33. The Labute approximate surface area is 96.4 Å². The van der Waals surface area contributed by atoms with Crippen molar-refractivity contribution >= 4 is 0 Å². The summed E-state index contributed by atoms with van der Waals surface area (Å²) >= 11 is 0. The highest BCUT2D eigenvalue weighted by Gasteiger charge is 2.28. The first-order valence-electron chi connectivity index (χ1n) is 4.99. The second-order valence-corrected chi connectivity index (χ2v) is 3.65. The van der Waals surface area contributed by atoms with Gasteiger partial charge in [0.1, 0.15) is 11.6 Å². The number of hydrogen-bond acceptors (Lipinski definition) is 2. The summed E-state index contributed by atoms with van der Waals surface area (Å²) in [6.45, 7) is 0. The Bertz CT molecular complexity index is 378. The zero-order valence-electron chi connectivity index (χ0n) is 9.22. The Morgan fingerprint density at radius 1 is 1.35 bits per heavy atom. The van der Waals surface area contributed by atoms with Crippen LogP contribution in [-0.2, 0) is 0 Å². The van der Waals surface area contributed by atoms with Crippen LogP contribution < -0.4 is 10.5 Å². The summed E-state index contributed by atoms with van der Waals surface area (Å²) in [6, 6.07) is 2.71. The molecule has 0 aliphatic carbocycles. The van der Waals surface area contributed by atoms with Crippen LogP contribution in [0, 0.1) is 5.82 Å². The molecule has 0 spiro atoms. The van der Waals surface area contributed by atoms with Gasteiger partial charge in [-0.3, -0.25) is 0 Å². The van der Waals surface area contributed by atoms with E-state index in [1.54, 1.807) is 0 Å². The lowest BCUT2D eigenvalue weighted by Gasteiger charge is -2.16. The molecule has 1 aromatic carbocycles. The lowest BCUT2D eigenvalue weighted by Crippen LogP contribution is -2.16. The number of rotatable bonds is 4. The van der Waals surface area contributed by atoms with Crippen LogP contribution in [0.15, 0.2) is 18.2 Å². The van der Waals surface area contributed by atoms with Gasteiger partial charge in [-0.25, -0.2) is 4.39 Å². The van der Waals surface area contributed by atoms with Gasteiger partial charge in [-0.2, -0.15) is 13.2 Å². The highest BCUT2D eigenvalue weighted by atomic mass is 19.4. The van der Waals surface area contributed by atoms with Gasteiger partial charge in [-0.15, -0.1) is 0 Å². The molecule has 0 aliphatic rings. The predicted molar refractivity (Wildman–Crippen MR) is 55.2 cm³/mol. The number of methoxy groups -OCH3 is 1. The molecular weight excluding hydrogens is 238 g/mol. The fourth-order valence-corrected chi connectivity index (χ4v) is 1.47. The number of ether oxygens (including phenoxy) is 1. The quantitative estimate of drug-likeness (QED) is 0.834. The van der Waals surface area contributed by atoms with Crippen LogP contribution in [0.25, 0.3) is 0 Å². The average Bonchev–Trinajstić information content (AvgIpc) is 2.25. The smallest absolute Gasteiger partial charge is 0.389 e. The van der Waals surface area contributed by atoms with Gasteiger partial charge in [-0.05, 0) is 24.6 Å². The van der Waals surface area contributed by atoms with Crippen LogP contribution in [-0.4, -0.2) is 13.3 Å². The van der Waals surface area contributed by atoms with Gasteiger partial charge in [0.2, 0.25) is 0 Å². The first-order chi connectivity index (χ1) is 7.83. The fraction of sp³-hybridized carbons (Fsp3) is 0.455. The lowest BCUT2D eigenvalue weighted by molar-refractivity contribution is -0.136. The van der Waals surface area contributed by atoms with E-state index in [0.29, 0.717) is 5.75 Å². The minimum absolute atomic E-state index is 0.247. The van der Waals surface area contributed by atoms with Gasteiger partial charge in [0.25, 0.3) is 0 Å². The molecule has 0 fully saturated rings. The van der Waals surface area contributed by atoms with Crippen molar-refractivity contribution in [3.05, 3.63) is 29.6 Å². The second kappa shape index (κ2) is 5.35. The summed E-state index contributed by atoms with van der Waals surface area (Å²) in [5, 5.41) is 0. The molecule has 96 valence electrons. The minimum atomic E-state index is -4.27. The molecule has 0 bridgehead atoms. The summed E-state index contributed by atoms with van der Waals surface area (Å²) in [5.74, 6) is -0.260. The molecule has 0 saturated carbocycles. The molecule has 2 N–H and O–H groups in total. The molecular formula is C11H13F4NO. The van der Waals surface area contributed by atoms with Crippen molar-refractivity contribution < 1.29 is 22.3 Å². The Morgan fingerprint density at radius 3 is 2.53 bits per heavy atom. The van der Waals surface area contributed by atoms with Crippen molar-refractivity contribution in [2.45, 2.75) is 25.1 Å². The number of nitrogens with two attached hydrogens (primary N) is 1. The molecule has 2 nitrogen and oxygen atoms in total. The van der Waals surface area contributed by atoms with Crippen molar-refractivity contribution in [2.24, 2.45) is 5.73 Å². The Kier molecular flexibility index (Phi) is 4.34. The van der Waals surface area contributed by atoms with Crippen LogP contribution in [0.2, 0.25) is 0 Å². The van der Waals surface area contributed by atoms with Crippen LogP contribution in [0.1, 0.15) is 24.4 Å². The Balaban J connectivity index is 2.80. The van der Waals surface area contributed by atoms with Gasteiger partial charge in [0.15, 0.2) is 0 Å². The molecule has 0 saturated heterocycles. The molecule has 1 aromatic rings. The van der Waals surface area contributed by atoms with Gasteiger partial charge >= 0.3 is 6.18 Å². The third-order valence-corrected chi connectivity index (χ3v) is 2.33. The molecule has 17 heavy (non-hydrogen) atoms. The first kappa shape index (κ1) is 13.8. The van der Waals surface area contributed by atoms with Crippen molar-refractivity contribution in [3.63, 3.8) is 0 Å². The van der Waals surface area contributed by atoms with Gasteiger partial charge < -0.3 is 10.5 Å². The van der Waals surface area contributed by atoms with E-state index in [9.17, 15) is 17.6 Å². The standard InChI is InChI=1S/C11H13F4NO/c1-17-10-3-2-7(12)6-8(10)9(16)4-5-11(13,14)15/h2-3,6,9H,4-5,16H2,1H3. The van der Waals surface area contributed by atoms with Crippen molar-refractivity contribution in [2.75, 3.05) is 7.11 Å². The highest BCUT2D eigenvalue weighted by Crippen LogP contribution is 2.30. The number of hydrogen-bond donors (Lipinski definition) is 1. The van der Waals surface area contributed by atoms with E-state index in [1.165, 1.54) is 19.2 Å². The highest BCUT2D eigenvalue weighted by molar-refractivity contribution is 5.36. The van der Waals surface area contributed by atoms with E-state index < -0.39 is 24.5 Å². The number of benzene rings is 1. The van der Waals surface area contributed by atoms with Crippen LogP contribution in [0.4, 0.5) is 17.6 Å².